The summed E-state index contributed by atoms with van der Waals surface area (Å²) in [5.41, 5.74) is 2.34. The van der Waals surface area contributed by atoms with Crippen LogP contribution in [0.2, 0.25) is 0 Å². The third-order valence-corrected chi connectivity index (χ3v) is 5.98. The topological polar surface area (TPSA) is 131 Å². The Bertz CT molecular complexity index is 1470. The maximum Gasteiger partial charge on any atom is 0.294 e. The van der Waals surface area contributed by atoms with E-state index >= 15 is 0 Å². The normalized spacial score (nSPS) is 11.2. The molecule has 0 aliphatic carbocycles. The van der Waals surface area contributed by atoms with Crippen LogP contribution < -0.4 is 15.0 Å². The second-order valence-electron chi connectivity index (χ2n) is 8.78. The highest BCUT2D eigenvalue weighted by atomic mass is 19.1. The Morgan fingerprint density at radius 3 is 2.68 bits per heavy atom. The van der Waals surface area contributed by atoms with E-state index in [0.717, 1.165) is 0 Å². The second kappa shape index (κ2) is 10.3. The van der Waals surface area contributed by atoms with Gasteiger partial charge in [-0.05, 0) is 39.0 Å². The van der Waals surface area contributed by atoms with Crippen LogP contribution in [0.4, 0.5) is 27.4 Å². The van der Waals surface area contributed by atoms with Crippen molar-refractivity contribution in [1.29, 1.82) is 0 Å². The molecule has 4 aromatic rings. The van der Waals surface area contributed by atoms with Crippen molar-refractivity contribution < 1.29 is 19.2 Å². The van der Waals surface area contributed by atoms with Gasteiger partial charge < -0.3 is 24.6 Å². The molecule has 2 heterocycles. The highest BCUT2D eigenvalue weighted by Gasteiger charge is 2.22. The van der Waals surface area contributed by atoms with Gasteiger partial charge in [0.15, 0.2) is 5.82 Å². The number of nitrogens with one attached hydrogen (secondary N) is 1. The number of aliphatic hydroxyl groups is 1. The van der Waals surface area contributed by atoms with Crippen molar-refractivity contribution in [2.45, 2.75) is 26.8 Å². The maximum atomic E-state index is 15.0. The Morgan fingerprint density at radius 1 is 1.27 bits per heavy atom. The van der Waals surface area contributed by atoms with Crippen LogP contribution >= 0.6 is 0 Å². The smallest absolute Gasteiger partial charge is 0.294 e. The molecule has 0 fully saturated rings. The lowest BCUT2D eigenvalue weighted by molar-refractivity contribution is -0.384. The molecule has 12 heteroatoms. The first-order valence-electron chi connectivity index (χ1n) is 11.6. The summed E-state index contributed by atoms with van der Waals surface area (Å²) in [4.78, 5) is 25.9. The quantitative estimate of drug-likeness (QED) is 0.245. The predicted molar refractivity (Wildman–Crippen MR) is 139 cm³/mol. The van der Waals surface area contributed by atoms with Crippen LogP contribution in [0.3, 0.4) is 0 Å². The molecule has 0 atom stereocenters. The number of nitrogens with zero attached hydrogens (tertiary/aromatic N) is 6. The number of benzene rings is 2. The minimum atomic E-state index is -0.511. The number of aromatic nitrogens is 4. The van der Waals surface area contributed by atoms with Gasteiger partial charge in [0.2, 0.25) is 5.95 Å². The van der Waals surface area contributed by atoms with E-state index < -0.39 is 10.7 Å². The number of methoxy groups -OCH3 is 1. The fourth-order valence-electron chi connectivity index (χ4n) is 4.32. The summed E-state index contributed by atoms with van der Waals surface area (Å²) in [5.74, 6) is 0.731. The number of likely N-dealkylation sites (N-methyl/N-ethyl adjacent to an activating group) is 1. The minimum Gasteiger partial charge on any atom is -0.494 e. The molecule has 37 heavy (non-hydrogen) atoms. The number of ether oxygens (including phenoxy) is 1. The number of aryl methyl sites for hydroxylation is 1. The largest absolute Gasteiger partial charge is 0.494 e. The molecule has 2 N–H and O–H groups in total. The van der Waals surface area contributed by atoms with Gasteiger partial charge in [0.05, 0.1) is 35.5 Å². The van der Waals surface area contributed by atoms with Crippen LogP contribution in [0.25, 0.3) is 22.3 Å². The number of nitro benzene ring substituents is 1. The highest BCUT2D eigenvalue weighted by Crippen LogP contribution is 2.39. The number of imidazole rings is 1. The molecule has 0 saturated heterocycles. The van der Waals surface area contributed by atoms with E-state index in [1.165, 1.54) is 31.5 Å². The van der Waals surface area contributed by atoms with Crippen molar-refractivity contribution in [3.05, 3.63) is 58.3 Å². The highest BCUT2D eigenvalue weighted by molar-refractivity contribution is 5.83. The van der Waals surface area contributed by atoms with Crippen molar-refractivity contribution in [3.63, 3.8) is 0 Å². The lowest BCUT2D eigenvalue weighted by Crippen LogP contribution is -2.22. The van der Waals surface area contributed by atoms with E-state index in [0.29, 0.717) is 33.9 Å². The second-order valence-corrected chi connectivity index (χ2v) is 8.78. The fraction of sp³-hybridized carbons (Fsp3) is 0.320. The molecule has 0 spiro atoms. The fourth-order valence-corrected chi connectivity index (χ4v) is 4.32. The Hall–Kier alpha value is -4.32. The average molecular weight is 510 g/mol. The third kappa shape index (κ3) is 5.00. The number of nitro groups is 1. The molecule has 194 valence electrons. The standard InChI is InChI=1S/C25H28FN7O4/c1-14(2)32-15(3)28-24-17(26)10-16(11-22(24)32)18-6-7-27-25(29-18)30-19-12-21(33(35)36)20(13-23(19)37-5)31(4)8-9-34/h6-7,10-14,34H,8-9H2,1-5H3,(H,27,29,30). The molecule has 0 radical (unpaired) electrons. The molecule has 2 aromatic heterocycles. The van der Waals surface area contributed by atoms with Crippen molar-refractivity contribution in [2.24, 2.45) is 0 Å². The molecule has 0 aliphatic heterocycles. The summed E-state index contributed by atoms with van der Waals surface area (Å²) >= 11 is 0. The Labute approximate surface area is 212 Å². The van der Waals surface area contributed by atoms with Gasteiger partial charge >= 0.3 is 0 Å². The molecule has 0 bridgehead atoms. The van der Waals surface area contributed by atoms with Crippen LogP contribution in [-0.4, -0.2) is 56.9 Å². The van der Waals surface area contributed by atoms with Gasteiger partial charge in [0.25, 0.3) is 5.69 Å². The van der Waals surface area contributed by atoms with Gasteiger partial charge in [-0.3, -0.25) is 10.1 Å². The molecule has 0 saturated carbocycles. The van der Waals surface area contributed by atoms with Gasteiger partial charge in [0, 0.05) is 43.5 Å². The zero-order valence-electron chi connectivity index (χ0n) is 21.2. The van der Waals surface area contributed by atoms with Gasteiger partial charge in [-0.15, -0.1) is 0 Å². The monoisotopic (exact) mass is 509 g/mol. The zero-order chi connectivity index (χ0) is 26.9. The predicted octanol–water partition coefficient (Wildman–Crippen LogP) is 4.61. The van der Waals surface area contributed by atoms with E-state index in [4.69, 9.17) is 4.74 Å². The van der Waals surface area contributed by atoms with E-state index in [1.54, 1.807) is 18.0 Å². The number of fused-ring (bicyclic) bond motifs is 1. The van der Waals surface area contributed by atoms with Crippen molar-refractivity contribution >= 4 is 34.0 Å². The summed E-state index contributed by atoms with van der Waals surface area (Å²) < 4.78 is 22.4. The zero-order valence-corrected chi connectivity index (χ0v) is 21.2. The van der Waals surface area contributed by atoms with Crippen LogP contribution in [0.15, 0.2) is 36.5 Å². The number of halogens is 1. The summed E-state index contributed by atoms with van der Waals surface area (Å²) in [6, 6.07) is 7.79. The molecule has 11 nitrogen and oxygen atoms in total. The Morgan fingerprint density at radius 2 is 2.03 bits per heavy atom. The molecule has 0 unspecified atom stereocenters. The van der Waals surface area contributed by atoms with E-state index in [2.05, 4.69) is 20.3 Å². The molecule has 4 rings (SSSR count). The Balaban J connectivity index is 1.75. The van der Waals surface area contributed by atoms with Gasteiger partial charge in [-0.1, -0.05) is 0 Å². The van der Waals surface area contributed by atoms with Crippen molar-refractivity contribution in [1.82, 2.24) is 19.5 Å². The summed E-state index contributed by atoms with van der Waals surface area (Å²) in [5, 5.41) is 24.0. The number of anilines is 3. The first kappa shape index (κ1) is 25.8. The number of hydrogen-bond acceptors (Lipinski definition) is 9. The molecule has 2 aromatic carbocycles. The maximum absolute atomic E-state index is 15.0. The third-order valence-electron chi connectivity index (χ3n) is 5.98. The summed E-state index contributed by atoms with van der Waals surface area (Å²) in [6.45, 7) is 5.89. The summed E-state index contributed by atoms with van der Waals surface area (Å²) in [6.07, 6.45) is 1.52. The van der Waals surface area contributed by atoms with E-state index in [9.17, 15) is 19.6 Å². The number of hydrogen-bond donors (Lipinski definition) is 2. The van der Waals surface area contributed by atoms with Gasteiger partial charge in [0.1, 0.15) is 22.8 Å². The first-order valence-corrected chi connectivity index (χ1v) is 11.6. The summed E-state index contributed by atoms with van der Waals surface area (Å²) in [7, 11) is 3.08. The molecule has 0 aliphatic rings. The molecule has 0 amide bonds. The van der Waals surface area contributed by atoms with E-state index in [-0.39, 0.29) is 42.2 Å². The Kier molecular flexibility index (Phi) is 7.21. The van der Waals surface area contributed by atoms with E-state index in [1.807, 2.05) is 31.4 Å². The van der Waals surface area contributed by atoms with Crippen molar-refractivity contribution in [2.75, 3.05) is 37.5 Å². The number of aliphatic hydroxyl groups excluding tert-OH is 1. The van der Waals surface area contributed by atoms with Gasteiger partial charge in [-0.2, -0.15) is 0 Å². The van der Waals surface area contributed by atoms with Crippen LogP contribution in [0, 0.1) is 22.9 Å². The lowest BCUT2D eigenvalue weighted by Gasteiger charge is -2.20. The van der Waals surface area contributed by atoms with Crippen LogP contribution in [0.1, 0.15) is 25.7 Å². The minimum absolute atomic E-state index is 0.0879. The first-order chi connectivity index (χ1) is 17.6. The lowest BCUT2D eigenvalue weighted by atomic mass is 10.1. The molecular weight excluding hydrogens is 481 g/mol. The molecular formula is C25H28FN7O4. The van der Waals surface area contributed by atoms with Gasteiger partial charge in [-0.25, -0.2) is 19.3 Å². The van der Waals surface area contributed by atoms with Crippen molar-refractivity contribution in [3.8, 4) is 17.0 Å². The number of rotatable bonds is 9. The SMILES string of the molecule is COc1cc(N(C)CCO)c([N+](=O)[O-])cc1Nc1nccc(-c2cc(F)c3nc(C)n(C(C)C)c3c2)n1. The van der Waals surface area contributed by atoms with Crippen LogP contribution in [-0.2, 0) is 0 Å². The average Bonchev–Trinajstić information content (AvgIpc) is 3.20. The van der Waals surface area contributed by atoms with Crippen LogP contribution in [0.5, 0.6) is 5.75 Å².